The van der Waals surface area contributed by atoms with E-state index in [1.54, 1.807) is 25.3 Å². The number of fused-ring (bicyclic) bond motifs is 1. The third kappa shape index (κ3) is 2.94. The molecule has 2 aromatic heterocycles. The highest BCUT2D eigenvalue weighted by Crippen LogP contribution is 2.23. The van der Waals surface area contributed by atoms with Gasteiger partial charge in [0.1, 0.15) is 23.2 Å². The molecular weight excluding hydrogens is 336 g/mol. The van der Waals surface area contributed by atoms with Crippen LogP contribution in [0.2, 0.25) is 0 Å². The van der Waals surface area contributed by atoms with Crippen LogP contribution in [0.1, 0.15) is 10.8 Å². The molecule has 2 heterocycles. The minimum Gasteiger partial charge on any atom is -0.486 e. The number of hydrogen-bond donors (Lipinski definition) is 0. The Balaban J connectivity index is 1.50. The number of nitrogens with zero attached hydrogens (tertiary/aromatic N) is 4. The number of hydrogen-bond acceptors (Lipinski definition) is 5. The van der Waals surface area contributed by atoms with Crippen LogP contribution in [0, 0.1) is 6.92 Å². The van der Waals surface area contributed by atoms with Gasteiger partial charge >= 0.3 is 5.69 Å². The molecule has 6 nitrogen and oxygen atoms in total. The molecule has 0 saturated heterocycles. The van der Waals surface area contributed by atoms with Crippen molar-refractivity contribution in [3.05, 3.63) is 69.8 Å². The van der Waals surface area contributed by atoms with E-state index in [-0.39, 0.29) is 5.69 Å². The zero-order valence-electron chi connectivity index (χ0n) is 13.8. The van der Waals surface area contributed by atoms with Crippen LogP contribution in [0.3, 0.4) is 0 Å². The predicted molar refractivity (Wildman–Crippen MR) is 97.5 cm³/mol. The predicted octanol–water partition coefficient (Wildman–Crippen LogP) is 3.07. The highest BCUT2D eigenvalue weighted by Gasteiger charge is 2.09. The van der Waals surface area contributed by atoms with Crippen LogP contribution in [0.5, 0.6) is 5.75 Å². The summed E-state index contributed by atoms with van der Waals surface area (Å²) in [6.07, 6.45) is 0. The summed E-state index contributed by atoms with van der Waals surface area (Å²) in [5.41, 5.74) is 1.54. The van der Waals surface area contributed by atoms with Crippen LogP contribution < -0.4 is 10.4 Å². The smallest absolute Gasteiger partial charge is 0.350 e. The van der Waals surface area contributed by atoms with E-state index in [0.717, 1.165) is 21.0 Å². The molecule has 0 amide bonds. The van der Waals surface area contributed by atoms with Gasteiger partial charge in [-0.2, -0.15) is 9.78 Å². The van der Waals surface area contributed by atoms with E-state index in [9.17, 15) is 4.79 Å². The van der Waals surface area contributed by atoms with Crippen molar-refractivity contribution in [2.45, 2.75) is 13.5 Å². The van der Waals surface area contributed by atoms with Gasteiger partial charge in [0.15, 0.2) is 0 Å². The minimum absolute atomic E-state index is 0.166. The Morgan fingerprint density at radius 2 is 1.88 bits per heavy atom. The van der Waals surface area contributed by atoms with E-state index in [1.807, 2.05) is 42.5 Å². The highest BCUT2D eigenvalue weighted by molar-refractivity contribution is 7.18. The molecule has 4 rings (SSSR count). The summed E-state index contributed by atoms with van der Waals surface area (Å²) in [6, 6.07) is 15.3. The standard InChI is InChI=1S/C18H16N4O2S/c1-12-20-22(18(23)21(12)2)13-7-9-14(10-8-13)24-11-17-19-15-5-3-4-6-16(15)25-17/h3-10H,11H2,1-2H3. The van der Waals surface area contributed by atoms with Crippen LogP contribution in [0.25, 0.3) is 15.9 Å². The molecule has 126 valence electrons. The quantitative estimate of drug-likeness (QED) is 0.566. The molecule has 2 aromatic carbocycles. The number of aryl methyl sites for hydroxylation is 1. The lowest BCUT2D eigenvalue weighted by Gasteiger charge is -2.05. The first-order chi connectivity index (χ1) is 12.1. The number of para-hydroxylation sites is 1. The lowest BCUT2D eigenvalue weighted by atomic mass is 10.3. The summed E-state index contributed by atoms with van der Waals surface area (Å²) in [7, 11) is 1.71. The Morgan fingerprint density at radius 3 is 2.56 bits per heavy atom. The van der Waals surface area contributed by atoms with Crippen molar-refractivity contribution in [3.8, 4) is 11.4 Å². The molecule has 0 bridgehead atoms. The van der Waals surface area contributed by atoms with Crippen molar-refractivity contribution in [1.29, 1.82) is 0 Å². The summed E-state index contributed by atoms with van der Waals surface area (Å²) in [4.78, 5) is 16.6. The number of rotatable bonds is 4. The number of aromatic nitrogens is 4. The van der Waals surface area contributed by atoms with Crippen molar-refractivity contribution >= 4 is 21.6 Å². The maximum absolute atomic E-state index is 12.1. The molecule has 0 fully saturated rings. The van der Waals surface area contributed by atoms with Gasteiger partial charge in [-0.15, -0.1) is 11.3 Å². The Kier molecular flexibility index (Phi) is 3.85. The number of ether oxygens (including phenoxy) is 1. The van der Waals surface area contributed by atoms with E-state index in [4.69, 9.17) is 4.74 Å². The summed E-state index contributed by atoms with van der Waals surface area (Å²) >= 11 is 1.63. The van der Waals surface area contributed by atoms with E-state index >= 15 is 0 Å². The summed E-state index contributed by atoms with van der Waals surface area (Å²) in [5.74, 6) is 1.39. The van der Waals surface area contributed by atoms with E-state index < -0.39 is 0 Å². The van der Waals surface area contributed by atoms with Gasteiger partial charge in [-0.05, 0) is 43.3 Å². The van der Waals surface area contributed by atoms with E-state index in [1.165, 1.54) is 9.25 Å². The molecule has 25 heavy (non-hydrogen) atoms. The zero-order valence-corrected chi connectivity index (χ0v) is 14.7. The lowest BCUT2D eigenvalue weighted by Crippen LogP contribution is -2.21. The molecule has 4 aromatic rings. The molecule has 0 unspecified atom stereocenters. The molecule has 0 aliphatic rings. The third-order valence-corrected chi connectivity index (χ3v) is 4.99. The molecule has 0 aliphatic heterocycles. The van der Waals surface area contributed by atoms with Gasteiger partial charge in [0.2, 0.25) is 0 Å². The monoisotopic (exact) mass is 352 g/mol. The summed E-state index contributed by atoms with van der Waals surface area (Å²) in [6.45, 7) is 2.22. The van der Waals surface area contributed by atoms with Crippen LogP contribution in [0.15, 0.2) is 53.3 Å². The molecule has 0 N–H and O–H groups in total. The Bertz CT molecular complexity index is 1060. The second-order valence-electron chi connectivity index (χ2n) is 5.66. The van der Waals surface area contributed by atoms with Crippen LogP contribution in [-0.4, -0.2) is 19.3 Å². The van der Waals surface area contributed by atoms with Crippen molar-refractivity contribution in [1.82, 2.24) is 19.3 Å². The van der Waals surface area contributed by atoms with Gasteiger partial charge < -0.3 is 4.74 Å². The van der Waals surface area contributed by atoms with Crippen LogP contribution in [-0.2, 0) is 13.7 Å². The zero-order chi connectivity index (χ0) is 17.4. The van der Waals surface area contributed by atoms with Crippen molar-refractivity contribution in [2.24, 2.45) is 7.05 Å². The van der Waals surface area contributed by atoms with E-state index in [2.05, 4.69) is 16.1 Å². The molecule has 0 radical (unpaired) electrons. The first kappa shape index (κ1) is 15.6. The molecule has 0 aliphatic carbocycles. The molecular formula is C18H16N4O2S. The first-order valence-electron chi connectivity index (χ1n) is 7.82. The normalized spacial score (nSPS) is 11.1. The molecule has 7 heteroatoms. The van der Waals surface area contributed by atoms with Crippen LogP contribution in [0.4, 0.5) is 0 Å². The average Bonchev–Trinajstić information content (AvgIpc) is 3.16. The average molecular weight is 352 g/mol. The fraction of sp³-hybridized carbons (Fsp3) is 0.167. The largest absolute Gasteiger partial charge is 0.486 e. The van der Waals surface area contributed by atoms with Gasteiger partial charge in [-0.1, -0.05) is 12.1 Å². The fourth-order valence-electron chi connectivity index (χ4n) is 2.51. The van der Waals surface area contributed by atoms with Gasteiger partial charge in [0, 0.05) is 7.05 Å². The second kappa shape index (κ2) is 6.18. The maximum atomic E-state index is 12.1. The van der Waals surface area contributed by atoms with Crippen molar-refractivity contribution < 1.29 is 4.74 Å². The van der Waals surface area contributed by atoms with Crippen molar-refractivity contribution in [3.63, 3.8) is 0 Å². The molecule has 0 spiro atoms. The van der Waals surface area contributed by atoms with Gasteiger partial charge in [0.05, 0.1) is 15.9 Å². The van der Waals surface area contributed by atoms with Gasteiger partial charge in [0.25, 0.3) is 0 Å². The van der Waals surface area contributed by atoms with Gasteiger partial charge in [-0.3, -0.25) is 4.57 Å². The number of thiazole rings is 1. The Morgan fingerprint density at radius 1 is 1.12 bits per heavy atom. The number of benzene rings is 2. The summed E-state index contributed by atoms with van der Waals surface area (Å²) in [5, 5.41) is 5.18. The Hall–Kier alpha value is -2.93. The SMILES string of the molecule is Cc1nn(-c2ccc(OCc3nc4ccccc4s3)cc2)c(=O)n1C. The second-order valence-corrected chi connectivity index (χ2v) is 6.77. The third-order valence-electron chi connectivity index (χ3n) is 3.98. The summed E-state index contributed by atoms with van der Waals surface area (Å²) < 4.78 is 9.85. The molecule has 0 atom stereocenters. The molecule has 0 saturated carbocycles. The highest BCUT2D eigenvalue weighted by atomic mass is 32.1. The minimum atomic E-state index is -0.166. The van der Waals surface area contributed by atoms with Gasteiger partial charge in [-0.25, -0.2) is 9.78 Å². The maximum Gasteiger partial charge on any atom is 0.350 e. The first-order valence-corrected chi connectivity index (χ1v) is 8.64. The van der Waals surface area contributed by atoms with E-state index in [0.29, 0.717) is 18.1 Å². The topological polar surface area (TPSA) is 61.9 Å². The fourth-order valence-corrected chi connectivity index (χ4v) is 3.39. The Labute approximate surface area is 147 Å². The van der Waals surface area contributed by atoms with Crippen molar-refractivity contribution in [2.75, 3.05) is 0 Å². The lowest BCUT2D eigenvalue weighted by molar-refractivity contribution is 0.306. The van der Waals surface area contributed by atoms with Crippen LogP contribution >= 0.6 is 11.3 Å².